The molecule has 1 saturated heterocycles. The smallest absolute Gasteiger partial charge is 0.328 e. The first-order chi connectivity index (χ1) is 17.2. The Kier molecular flexibility index (Phi) is 7.96. The number of carbonyl (C=O) groups excluding carboxylic acids is 3. The third kappa shape index (κ3) is 6.44. The molecule has 2 amide bonds. The maximum atomic E-state index is 14.1. The third-order valence-electron chi connectivity index (χ3n) is 6.80. The van der Waals surface area contributed by atoms with E-state index >= 15 is 0 Å². The van der Waals surface area contributed by atoms with Gasteiger partial charge in [0.25, 0.3) is 0 Å². The Morgan fingerprint density at radius 1 is 1.11 bits per heavy atom. The summed E-state index contributed by atoms with van der Waals surface area (Å²) in [7, 11) is 0. The van der Waals surface area contributed by atoms with Crippen LogP contribution in [0.4, 0.5) is 13.2 Å². The van der Waals surface area contributed by atoms with E-state index in [1.807, 2.05) is 31.2 Å². The summed E-state index contributed by atoms with van der Waals surface area (Å²) in [6.07, 6.45) is 2.81. The molecule has 9 heteroatoms. The molecule has 1 aliphatic heterocycles. The fraction of sp³-hybridized carbons (Fsp3) is 0.444. The lowest BCUT2D eigenvalue weighted by molar-refractivity contribution is -0.149. The number of aryl methyl sites for hydroxylation is 1. The third-order valence-corrected chi connectivity index (χ3v) is 6.80. The van der Waals surface area contributed by atoms with Crippen molar-refractivity contribution in [1.29, 1.82) is 0 Å². The number of likely N-dealkylation sites (tertiary alicyclic amines) is 1. The number of ether oxygens (including phenoxy) is 1. The van der Waals surface area contributed by atoms with Gasteiger partial charge in [-0.15, -0.1) is 0 Å². The molecule has 36 heavy (non-hydrogen) atoms. The zero-order valence-electron chi connectivity index (χ0n) is 20.1. The molecule has 2 fully saturated rings. The van der Waals surface area contributed by atoms with Gasteiger partial charge >= 0.3 is 5.97 Å². The first-order valence-electron chi connectivity index (χ1n) is 12.1. The Labute approximate surface area is 207 Å². The average molecular weight is 503 g/mol. The van der Waals surface area contributed by atoms with Gasteiger partial charge < -0.3 is 15.0 Å². The lowest BCUT2D eigenvalue weighted by Crippen LogP contribution is -2.44. The predicted octanol–water partition coefficient (Wildman–Crippen LogP) is 4.32. The number of hydrogen-bond acceptors (Lipinski definition) is 4. The number of halogens is 3. The molecule has 2 aromatic rings. The lowest BCUT2D eigenvalue weighted by atomic mass is 10.1. The van der Waals surface area contributed by atoms with Crippen molar-refractivity contribution in [2.45, 2.75) is 70.7 Å². The van der Waals surface area contributed by atoms with Crippen LogP contribution in [0.25, 0.3) is 0 Å². The van der Waals surface area contributed by atoms with Crippen molar-refractivity contribution in [3.63, 3.8) is 0 Å². The minimum atomic E-state index is -1.34. The van der Waals surface area contributed by atoms with E-state index in [4.69, 9.17) is 4.74 Å². The Hall–Kier alpha value is -3.36. The first-order valence-corrected chi connectivity index (χ1v) is 12.1. The van der Waals surface area contributed by atoms with Crippen LogP contribution >= 0.6 is 0 Å². The van der Waals surface area contributed by atoms with Gasteiger partial charge in [0.15, 0.2) is 11.6 Å². The van der Waals surface area contributed by atoms with E-state index in [9.17, 15) is 27.6 Å². The number of esters is 1. The molecule has 2 aromatic carbocycles. The highest BCUT2D eigenvalue weighted by molar-refractivity contribution is 5.86. The van der Waals surface area contributed by atoms with Crippen molar-refractivity contribution >= 4 is 17.8 Å². The van der Waals surface area contributed by atoms with Crippen LogP contribution in [0.1, 0.15) is 55.2 Å². The fourth-order valence-corrected chi connectivity index (χ4v) is 4.52. The number of rotatable bonds is 10. The summed E-state index contributed by atoms with van der Waals surface area (Å²) in [5.74, 6) is -4.45. The quantitative estimate of drug-likeness (QED) is 0.388. The topological polar surface area (TPSA) is 75.7 Å². The van der Waals surface area contributed by atoms with E-state index in [1.54, 1.807) is 0 Å². The highest BCUT2D eigenvalue weighted by Gasteiger charge is 2.36. The molecule has 1 heterocycles. The van der Waals surface area contributed by atoms with Gasteiger partial charge in [-0.1, -0.05) is 37.1 Å². The molecular weight excluding hydrogens is 473 g/mol. The van der Waals surface area contributed by atoms with Crippen LogP contribution in [0.2, 0.25) is 0 Å². The zero-order valence-corrected chi connectivity index (χ0v) is 20.1. The van der Waals surface area contributed by atoms with Gasteiger partial charge in [0.05, 0.1) is 0 Å². The van der Waals surface area contributed by atoms with Crippen molar-refractivity contribution in [2.75, 3.05) is 0 Å². The van der Waals surface area contributed by atoms with Crippen molar-refractivity contribution in [2.24, 2.45) is 5.92 Å². The average Bonchev–Trinajstić information content (AvgIpc) is 3.59. The maximum Gasteiger partial charge on any atom is 0.328 e. The summed E-state index contributed by atoms with van der Waals surface area (Å²) in [5.41, 5.74) is 1.58. The molecule has 6 nitrogen and oxygen atoms in total. The zero-order chi connectivity index (χ0) is 25.8. The first kappa shape index (κ1) is 25.7. The van der Waals surface area contributed by atoms with Gasteiger partial charge in [-0.05, 0) is 42.9 Å². The second-order valence-corrected chi connectivity index (χ2v) is 9.61. The SMILES string of the molecule is Cc1ccccc1COC(=O)[C@H](CC1CC1)NC(=O)C[C@@H]1CCC(=O)N1Cc1cc(F)cc(F)c1F. The lowest BCUT2D eigenvalue weighted by Gasteiger charge is -2.26. The Morgan fingerprint density at radius 3 is 2.58 bits per heavy atom. The second-order valence-electron chi connectivity index (χ2n) is 9.61. The second kappa shape index (κ2) is 11.1. The molecular formula is C27H29F3N2O4. The van der Waals surface area contributed by atoms with Gasteiger partial charge in [-0.3, -0.25) is 9.59 Å². The van der Waals surface area contributed by atoms with Gasteiger partial charge in [-0.25, -0.2) is 18.0 Å². The summed E-state index contributed by atoms with van der Waals surface area (Å²) in [4.78, 5) is 39.3. The standard InChI is InChI=1S/C27H29F3N2O4/c1-16-4-2-3-5-18(16)15-36-27(35)23(10-17-6-7-17)31-24(33)13-21-8-9-25(34)32(21)14-19-11-20(28)12-22(29)26(19)30/h2-5,11-12,17,21,23H,6-10,13-15H2,1H3,(H,31,33)/t21-,23-/m0/s1. The van der Waals surface area contributed by atoms with Gasteiger partial charge in [0.2, 0.25) is 11.8 Å². The number of hydrogen-bond donors (Lipinski definition) is 1. The van der Waals surface area contributed by atoms with E-state index in [-0.39, 0.29) is 37.5 Å². The fourth-order valence-electron chi connectivity index (χ4n) is 4.52. The van der Waals surface area contributed by atoms with Crippen LogP contribution in [0.3, 0.4) is 0 Å². The van der Waals surface area contributed by atoms with E-state index < -0.39 is 41.4 Å². The van der Waals surface area contributed by atoms with Crippen LogP contribution in [-0.2, 0) is 32.3 Å². The monoisotopic (exact) mass is 502 g/mol. The highest BCUT2D eigenvalue weighted by Crippen LogP contribution is 2.34. The minimum absolute atomic E-state index is 0.100. The van der Waals surface area contributed by atoms with E-state index in [2.05, 4.69) is 5.32 Å². The van der Waals surface area contributed by atoms with Gasteiger partial charge in [0.1, 0.15) is 18.5 Å². The summed E-state index contributed by atoms with van der Waals surface area (Å²) in [6, 6.07) is 7.44. The molecule has 0 unspecified atom stereocenters. The number of nitrogens with one attached hydrogen (secondary N) is 1. The number of benzene rings is 2. The summed E-state index contributed by atoms with van der Waals surface area (Å²) >= 11 is 0. The number of amides is 2. The maximum absolute atomic E-state index is 14.1. The number of carbonyl (C=O) groups is 3. The van der Waals surface area contributed by atoms with Crippen molar-refractivity contribution in [1.82, 2.24) is 10.2 Å². The molecule has 2 atom stereocenters. The number of nitrogens with zero attached hydrogens (tertiary/aromatic N) is 1. The summed E-state index contributed by atoms with van der Waals surface area (Å²) in [5, 5.41) is 2.75. The molecule has 1 N–H and O–H groups in total. The predicted molar refractivity (Wildman–Crippen MR) is 125 cm³/mol. The van der Waals surface area contributed by atoms with E-state index in [0.29, 0.717) is 24.8 Å². The molecule has 2 aliphatic rings. The van der Waals surface area contributed by atoms with Crippen molar-refractivity contribution < 1.29 is 32.3 Å². The molecule has 0 spiro atoms. The molecule has 1 aliphatic carbocycles. The van der Waals surface area contributed by atoms with Gasteiger partial charge in [0, 0.05) is 37.1 Å². The van der Waals surface area contributed by atoms with Crippen LogP contribution in [0.15, 0.2) is 36.4 Å². The summed E-state index contributed by atoms with van der Waals surface area (Å²) < 4.78 is 46.8. The molecule has 0 aromatic heterocycles. The molecule has 4 rings (SSSR count). The van der Waals surface area contributed by atoms with Crippen molar-refractivity contribution in [3.8, 4) is 0 Å². The van der Waals surface area contributed by atoms with Crippen LogP contribution in [-0.4, -0.2) is 34.8 Å². The molecule has 0 bridgehead atoms. The molecule has 192 valence electrons. The van der Waals surface area contributed by atoms with E-state index in [0.717, 1.165) is 30.0 Å². The van der Waals surface area contributed by atoms with E-state index in [1.165, 1.54) is 4.90 Å². The Bertz CT molecular complexity index is 1150. The van der Waals surface area contributed by atoms with Crippen LogP contribution in [0, 0.1) is 30.3 Å². The molecule has 0 radical (unpaired) electrons. The minimum Gasteiger partial charge on any atom is -0.459 e. The normalized spacial score (nSPS) is 18.3. The Balaban J connectivity index is 1.38. The van der Waals surface area contributed by atoms with Gasteiger partial charge in [-0.2, -0.15) is 0 Å². The van der Waals surface area contributed by atoms with Crippen molar-refractivity contribution in [3.05, 3.63) is 70.5 Å². The highest BCUT2D eigenvalue weighted by atomic mass is 19.2. The largest absolute Gasteiger partial charge is 0.459 e. The van der Waals surface area contributed by atoms with Crippen LogP contribution < -0.4 is 5.32 Å². The summed E-state index contributed by atoms with van der Waals surface area (Å²) in [6.45, 7) is 1.68. The van der Waals surface area contributed by atoms with Crippen LogP contribution in [0.5, 0.6) is 0 Å². The molecule has 1 saturated carbocycles. The Morgan fingerprint density at radius 2 is 1.86 bits per heavy atom.